The Balaban J connectivity index is 2.08. The lowest BCUT2D eigenvalue weighted by Gasteiger charge is -2.12. The molecule has 5 heteroatoms. The number of esters is 1. The first-order valence-corrected chi connectivity index (χ1v) is 8.16. The minimum Gasteiger partial charge on any atom is -0.464 e. The summed E-state index contributed by atoms with van der Waals surface area (Å²) in [7, 11) is 0. The van der Waals surface area contributed by atoms with Crippen LogP contribution in [0.4, 0.5) is 0 Å². The van der Waals surface area contributed by atoms with E-state index in [1.54, 1.807) is 19.1 Å². The molecule has 0 aliphatic rings. The molecule has 0 unspecified atom stereocenters. The maximum absolute atomic E-state index is 11.8. The smallest absolute Gasteiger partial charge is 0.328 e. The van der Waals surface area contributed by atoms with Gasteiger partial charge in [-0.15, -0.1) is 0 Å². The molecule has 1 atom stereocenters. The highest BCUT2D eigenvalue weighted by Gasteiger charge is 2.18. The van der Waals surface area contributed by atoms with E-state index in [0.717, 1.165) is 12.8 Å². The summed E-state index contributed by atoms with van der Waals surface area (Å²) in [4.78, 5) is 23.5. The van der Waals surface area contributed by atoms with Crippen molar-refractivity contribution in [3.8, 4) is 0 Å². The normalized spacial score (nSPS) is 11.9. The monoisotopic (exact) mass is 309 g/mol. The Labute approximate surface area is 132 Å². The third-order valence-electron chi connectivity index (χ3n) is 3.44. The van der Waals surface area contributed by atoms with E-state index in [1.807, 2.05) is 0 Å². The molecule has 22 heavy (non-hydrogen) atoms. The van der Waals surface area contributed by atoms with Crippen LogP contribution in [-0.2, 0) is 9.53 Å². The van der Waals surface area contributed by atoms with Gasteiger partial charge < -0.3 is 14.5 Å². The SMILES string of the molecule is CCCCCCCCCOC(=O)[C@H](C)NC(=O)c1ccco1. The van der Waals surface area contributed by atoms with Crippen molar-refractivity contribution in [1.82, 2.24) is 5.32 Å². The highest BCUT2D eigenvalue weighted by Crippen LogP contribution is 2.07. The summed E-state index contributed by atoms with van der Waals surface area (Å²) >= 11 is 0. The molecule has 1 N–H and O–H groups in total. The molecule has 1 heterocycles. The van der Waals surface area contributed by atoms with Crippen LogP contribution in [0.3, 0.4) is 0 Å². The van der Waals surface area contributed by atoms with E-state index >= 15 is 0 Å². The third kappa shape index (κ3) is 7.29. The maximum Gasteiger partial charge on any atom is 0.328 e. The predicted molar refractivity (Wildman–Crippen MR) is 84.6 cm³/mol. The molecule has 0 saturated carbocycles. The molecule has 0 aliphatic carbocycles. The molecule has 0 aliphatic heterocycles. The van der Waals surface area contributed by atoms with Crippen molar-refractivity contribution in [3.05, 3.63) is 24.2 Å². The number of hydrogen-bond donors (Lipinski definition) is 1. The van der Waals surface area contributed by atoms with Crippen LogP contribution >= 0.6 is 0 Å². The summed E-state index contributed by atoms with van der Waals surface area (Å²) in [5.74, 6) is -0.636. The molecule has 0 fully saturated rings. The fourth-order valence-electron chi connectivity index (χ4n) is 2.09. The number of ether oxygens (including phenoxy) is 1. The number of amides is 1. The fourth-order valence-corrected chi connectivity index (χ4v) is 2.09. The number of carbonyl (C=O) groups excluding carboxylic acids is 2. The number of carbonyl (C=O) groups is 2. The van der Waals surface area contributed by atoms with Gasteiger partial charge in [0.15, 0.2) is 5.76 Å². The minimum absolute atomic E-state index is 0.187. The van der Waals surface area contributed by atoms with Gasteiger partial charge in [-0.05, 0) is 25.5 Å². The first kappa shape index (κ1) is 18.3. The van der Waals surface area contributed by atoms with Crippen LogP contribution in [0, 0.1) is 0 Å². The zero-order chi connectivity index (χ0) is 16.2. The molecule has 0 radical (unpaired) electrons. The lowest BCUT2D eigenvalue weighted by Crippen LogP contribution is -2.39. The van der Waals surface area contributed by atoms with Gasteiger partial charge in [-0.1, -0.05) is 45.4 Å². The lowest BCUT2D eigenvalue weighted by molar-refractivity contribution is -0.145. The molecule has 5 nitrogen and oxygen atoms in total. The van der Waals surface area contributed by atoms with E-state index in [-0.39, 0.29) is 5.76 Å². The van der Waals surface area contributed by atoms with Gasteiger partial charge in [0.25, 0.3) is 5.91 Å². The number of unbranched alkanes of at least 4 members (excludes halogenated alkanes) is 6. The van der Waals surface area contributed by atoms with Gasteiger partial charge in [0.05, 0.1) is 12.9 Å². The number of rotatable bonds is 11. The minimum atomic E-state index is -0.679. The summed E-state index contributed by atoms with van der Waals surface area (Å²) in [6.45, 7) is 4.22. The number of hydrogen-bond acceptors (Lipinski definition) is 4. The molecule has 0 bridgehead atoms. The summed E-state index contributed by atoms with van der Waals surface area (Å²) in [5.41, 5.74) is 0. The van der Waals surface area contributed by atoms with Crippen LogP contribution in [0.1, 0.15) is 69.3 Å². The van der Waals surface area contributed by atoms with E-state index in [1.165, 1.54) is 38.4 Å². The van der Waals surface area contributed by atoms with Crippen molar-refractivity contribution >= 4 is 11.9 Å². The Kier molecular flexibility index (Phi) is 9.03. The molecular formula is C17H27NO4. The molecule has 124 valence electrons. The van der Waals surface area contributed by atoms with Gasteiger partial charge in [0.2, 0.25) is 0 Å². The van der Waals surface area contributed by atoms with Crippen LogP contribution < -0.4 is 5.32 Å². The Bertz CT molecular complexity index is 428. The summed E-state index contributed by atoms with van der Waals surface area (Å²) < 4.78 is 10.1. The van der Waals surface area contributed by atoms with E-state index in [0.29, 0.717) is 6.61 Å². The van der Waals surface area contributed by atoms with Crippen LogP contribution in [0.25, 0.3) is 0 Å². The van der Waals surface area contributed by atoms with E-state index in [2.05, 4.69) is 12.2 Å². The van der Waals surface area contributed by atoms with Gasteiger partial charge in [-0.2, -0.15) is 0 Å². The van der Waals surface area contributed by atoms with Crippen molar-refractivity contribution in [2.45, 2.75) is 64.8 Å². The molecule has 1 aromatic rings. The number of furan rings is 1. The van der Waals surface area contributed by atoms with Crippen molar-refractivity contribution in [2.75, 3.05) is 6.61 Å². The highest BCUT2D eigenvalue weighted by molar-refractivity contribution is 5.94. The largest absolute Gasteiger partial charge is 0.464 e. The van der Waals surface area contributed by atoms with Gasteiger partial charge in [0.1, 0.15) is 6.04 Å². The van der Waals surface area contributed by atoms with Gasteiger partial charge in [0, 0.05) is 0 Å². The zero-order valence-corrected chi connectivity index (χ0v) is 13.6. The van der Waals surface area contributed by atoms with Gasteiger partial charge in [-0.25, -0.2) is 4.79 Å². The van der Waals surface area contributed by atoms with Gasteiger partial charge >= 0.3 is 5.97 Å². The highest BCUT2D eigenvalue weighted by atomic mass is 16.5. The molecule has 0 spiro atoms. The van der Waals surface area contributed by atoms with Gasteiger partial charge in [-0.3, -0.25) is 4.79 Å². The van der Waals surface area contributed by atoms with Crippen molar-refractivity contribution < 1.29 is 18.7 Å². The Morgan fingerprint density at radius 3 is 2.50 bits per heavy atom. The van der Waals surface area contributed by atoms with E-state index in [4.69, 9.17) is 9.15 Å². The Morgan fingerprint density at radius 1 is 1.18 bits per heavy atom. The molecule has 1 amide bonds. The van der Waals surface area contributed by atoms with Crippen molar-refractivity contribution in [3.63, 3.8) is 0 Å². The second-order valence-electron chi connectivity index (χ2n) is 5.46. The van der Waals surface area contributed by atoms with E-state index < -0.39 is 17.9 Å². The predicted octanol–water partition coefficient (Wildman–Crippen LogP) is 3.69. The molecule has 0 saturated heterocycles. The first-order chi connectivity index (χ1) is 10.6. The maximum atomic E-state index is 11.8. The lowest BCUT2D eigenvalue weighted by atomic mass is 10.1. The topological polar surface area (TPSA) is 68.5 Å². The second-order valence-corrected chi connectivity index (χ2v) is 5.46. The molecule has 1 aromatic heterocycles. The third-order valence-corrected chi connectivity index (χ3v) is 3.44. The van der Waals surface area contributed by atoms with E-state index in [9.17, 15) is 9.59 Å². The first-order valence-electron chi connectivity index (χ1n) is 8.16. The summed E-state index contributed by atoms with van der Waals surface area (Å²) in [6, 6.07) is 2.49. The van der Waals surface area contributed by atoms with Crippen LogP contribution in [-0.4, -0.2) is 24.5 Å². The summed E-state index contributed by atoms with van der Waals surface area (Å²) in [6.07, 6.45) is 9.62. The quantitative estimate of drug-likeness (QED) is 0.500. The second kappa shape index (κ2) is 10.9. The molecule has 1 rings (SSSR count). The fraction of sp³-hybridized carbons (Fsp3) is 0.647. The number of nitrogens with one attached hydrogen (secondary N) is 1. The molecular weight excluding hydrogens is 282 g/mol. The van der Waals surface area contributed by atoms with Crippen LogP contribution in [0.5, 0.6) is 0 Å². The van der Waals surface area contributed by atoms with Crippen molar-refractivity contribution in [1.29, 1.82) is 0 Å². The van der Waals surface area contributed by atoms with Crippen LogP contribution in [0.2, 0.25) is 0 Å². The standard InChI is InChI=1S/C17H27NO4/c1-3-4-5-6-7-8-9-12-22-17(20)14(2)18-16(19)15-11-10-13-21-15/h10-11,13-14H,3-9,12H2,1-2H3,(H,18,19)/t14-/m0/s1. The summed E-state index contributed by atoms with van der Waals surface area (Å²) in [5, 5.41) is 2.55. The average Bonchev–Trinajstić information content (AvgIpc) is 3.04. The molecule has 0 aromatic carbocycles. The van der Waals surface area contributed by atoms with Crippen molar-refractivity contribution in [2.24, 2.45) is 0 Å². The zero-order valence-electron chi connectivity index (χ0n) is 13.6. The Morgan fingerprint density at radius 2 is 1.86 bits per heavy atom. The average molecular weight is 309 g/mol. The Hall–Kier alpha value is -1.78. The van der Waals surface area contributed by atoms with Crippen LogP contribution in [0.15, 0.2) is 22.8 Å².